The van der Waals surface area contributed by atoms with Gasteiger partial charge in [-0.15, -0.1) is 0 Å². The van der Waals surface area contributed by atoms with Gasteiger partial charge in [0.2, 0.25) is 0 Å². The molecule has 0 aliphatic rings. The average molecular weight is 512 g/mol. The molecule has 7 heteroatoms. The second-order valence-corrected chi connectivity index (χ2v) is 10.9. The molecule has 0 spiro atoms. The van der Waals surface area contributed by atoms with Gasteiger partial charge in [-0.1, -0.05) is 90.9 Å². The van der Waals surface area contributed by atoms with Crippen molar-refractivity contribution in [3.63, 3.8) is 0 Å². The summed E-state index contributed by atoms with van der Waals surface area (Å²) >= 11 is 0. The molecule has 0 saturated carbocycles. The summed E-state index contributed by atoms with van der Waals surface area (Å²) in [4.78, 5) is 34.6. The van der Waals surface area contributed by atoms with E-state index in [2.05, 4.69) is 6.92 Å². The largest absolute Gasteiger partial charge is 0.550 e. The number of unbranched alkanes of at least 4 members (excludes halogenated alkanes) is 13. The van der Waals surface area contributed by atoms with Crippen molar-refractivity contribution in [3.05, 3.63) is 12.3 Å². The molecule has 7 nitrogen and oxygen atoms in total. The minimum atomic E-state index is -1.21. The van der Waals surface area contributed by atoms with E-state index in [1.165, 1.54) is 77.6 Å². The predicted molar refractivity (Wildman–Crippen MR) is 142 cm³/mol. The standard InChI is InChI=1S/C29H53NO6/c1-5-6-7-8-9-10-11-12-13-14-15-16-17-18-19-20-30(21-24(2)27(31)32,22-25(3)28(33)34)23-26(4)29(35)36/h19-20,24-26H,5-18,21-23H2,1-4H3,(H2-,31,32,33,34,35,36)/b20-19+. The SMILES string of the molecule is CCCCCCCCCCCCCCC/C=C/[N+](CC(C)C(=O)[O-])(CC(C)C(=O)O)CC(C)C(=O)O. The molecule has 0 aromatic heterocycles. The Bertz CT molecular complexity index is 593. The van der Waals surface area contributed by atoms with Crippen LogP contribution >= 0.6 is 0 Å². The van der Waals surface area contributed by atoms with Gasteiger partial charge >= 0.3 is 11.9 Å². The number of rotatable bonds is 24. The highest BCUT2D eigenvalue weighted by atomic mass is 16.4. The van der Waals surface area contributed by atoms with Gasteiger partial charge in [0.05, 0.1) is 25.8 Å². The number of aliphatic carboxylic acids is 3. The van der Waals surface area contributed by atoms with E-state index in [0.717, 1.165) is 19.3 Å². The predicted octanol–water partition coefficient (Wildman–Crippen LogP) is 5.63. The maximum atomic E-state index is 11.6. The highest BCUT2D eigenvalue weighted by Gasteiger charge is 2.35. The zero-order valence-electron chi connectivity index (χ0n) is 23.4. The zero-order valence-corrected chi connectivity index (χ0v) is 23.4. The Balaban J connectivity index is 4.68. The molecule has 0 aromatic carbocycles. The quantitative estimate of drug-likeness (QED) is 0.128. The Labute approximate surface area is 219 Å². The summed E-state index contributed by atoms with van der Waals surface area (Å²) in [7, 11) is 0. The van der Waals surface area contributed by atoms with Crippen LogP contribution in [0.3, 0.4) is 0 Å². The lowest BCUT2D eigenvalue weighted by Gasteiger charge is -2.39. The smallest absolute Gasteiger partial charge is 0.311 e. The van der Waals surface area contributed by atoms with Crippen LogP contribution in [0.5, 0.6) is 0 Å². The van der Waals surface area contributed by atoms with Crippen LogP contribution in [-0.2, 0) is 14.4 Å². The van der Waals surface area contributed by atoms with Crippen LogP contribution in [0.15, 0.2) is 12.3 Å². The molecule has 3 atom stereocenters. The third-order valence-electron chi connectivity index (χ3n) is 7.05. The van der Waals surface area contributed by atoms with Crippen LogP contribution in [-0.4, -0.2) is 52.2 Å². The number of nitrogens with zero attached hydrogens (tertiary/aromatic N) is 1. The van der Waals surface area contributed by atoms with Gasteiger partial charge in [0.15, 0.2) is 0 Å². The number of quaternary nitrogens is 1. The number of hydrogen-bond acceptors (Lipinski definition) is 4. The number of hydrogen-bond donors (Lipinski definition) is 2. The first-order valence-corrected chi connectivity index (χ1v) is 14.2. The Morgan fingerprint density at radius 2 is 1.03 bits per heavy atom. The third-order valence-corrected chi connectivity index (χ3v) is 7.05. The summed E-state index contributed by atoms with van der Waals surface area (Å²) in [6.45, 7) is 7.30. The van der Waals surface area contributed by atoms with Crippen molar-refractivity contribution < 1.29 is 34.2 Å². The third kappa shape index (κ3) is 16.7. The van der Waals surface area contributed by atoms with E-state index in [-0.39, 0.29) is 24.1 Å². The summed E-state index contributed by atoms with van der Waals surface area (Å²) in [5.41, 5.74) is 0. The van der Waals surface area contributed by atoms with Crippen molar-refractivity contribution in [3.8, 4) is 0 Å². The molecular formula is C29H53NO6. The Morgan fingerprint density at radius 3 is 1.39 bits per heavy atom. The molecule has 0 aliphatic heterocycles. The van der Waals surface area contributed by atoms with E-state index in [4.69, 9.17) is 0 Å². The topological polar surface area (TPSA) is 115 Å². The fraction of sp³-hybridized carbons (Fsp3) is 0.828. The lowest BCUT2D eigenvalue weighted by molar-refractivity contribution is -0.886. The molecule has 2 N–H and O–H groups in total. The Morgan fingerprint density at radius 1 is 0.667 bits per heavy atom. The van der Waals surface area contributed by atoms with Gasteiger partial charge in [-0.05, 0) is 32.8 Å². The molecule has 0 saturated heterocycles. The van der Waals surface area contributed by atoms with E-state index in [1.807, 2.05) is 12.3 Å². The van der Waals surface area contributed by atoms with E-state index in [9.17, 15) is 29.7 Å². The first-order chi connectivity index (χ1) is 17.0. The number of allylic oxidation sites excluding steroid dienone is 1. The zero-order chi connectivity index (χ0) is 27.4. The lowest BCUT2D eigenvalue weighted by Crippen LogP contribution is -2.54. The van der Waals surface area contributed by atoms with Crippen molar-refractivity contribution in [1.82, 2.24) is 0 Å². The Kier molecular flexibility index (Phi) is 19.1. The van der Waals surface area contributed by atoms with Gasteiger partial charge in [-0.3, -0.25) is 14.1 Å². The second kappa shape index (κ2) is 20.2. The van der Waals surface area contributed by atoms with Crippen LogP contribution in [0.25, 0.3) is 0 Å². The monoisotopic (exact) mass is 511 g/mol. The highest BCUT2D eigenvalue weighted by Crippen LogP contribution is 2.21. The van der Waals surface area contributed by atoms with Gasteiger partial charge in [0.25, 0.3) is 0 Å². The molecule has 0 heterocycles. The van der Waals surface area contributed by atoms with Crippen molar-refractivity contribution >= 4 is 17.9 Å². The number of carboxylic acids is 3. The summed E-state index contributed by atoms with van der Waals surface area (Å²) in [5, 5.41) is 30.4. The fourth-order valence-corrected chi connectivity index (χ4v) is 4.85. The molecule has 0 aromatic rings. The van der Waals surface area contributed by atoms with Gasteiger partial charge in [-0.25, -0.2) is 0 Å². The summed E-state index contributed by atoms with van der Waals surface area (Å²) in [6, 6.07) is 0. The van der Waals surface area contributed by atoms with E-state index in [0.29, 0.717) is 0 Å². The minimum absolute atomic E-state index is 0.00846. The summed E-state index contributed by atoms with van der Waals surface area (Å²) in [6.07, 6.45) is 21.2. The van der Waals surface area contributed by atoms with E-state index in [1.54, 1.807) is 13.8 Å². The molecule has 210 valence electrons. The van der Waals surface area contributed by atoms with Crippen LogP contribution < -0.4 is 5.11 Å². The summed E-state index contributed by atoms with van der Waals surface area (Å²) < 4.78 is 0.00846. The molecule has 0 amide bonds. The maximum Gasteiger partial charge on any atom is 0.311 e. The van der Waals surface area contributed by atoms with Gasteiger partial charge in [-0.2, -0.15) is 0 Å². The average Bonchev–Trinajstić information content (AvgIpc) is 2.81. The molecule has 0 radical (unpaired) electrons. The van der Waals surface area contributed by atoms with Crippen molar-refractivity contribution in [1.29, 1.82) is 0 Å². The lowest BCUT2D eigenvalue weighted by atomic mass is 10.0. The highest BCUT2D eigenvalue weighted by molar-refractivity contribution is 5.70. The van der Waals surface area contributed by atoms with Crippen LogP contribution in [0.4, 0.5) is 0 Å². The molecule has 0 fully saturated rings. The number of carboxylic acid groups (broad SMARTS) is 3. The normalized spacial score (nSPS) is 15.9. The van der Waals surface area contributed by atoms with Crippen molar-refractivity contribution in [2.24, 2.45) is 17.8 Å². The molecule has 36 heavy (non-hydrogen) atoms. The molecule has 3 unspecified atom stereocenters. The Hall–Kier alpha value is -1.89. The van der Waals surface area contributed by atoms with Crippen LogP contribution in [0.1, 0.15) is 118 Å². The van der Waals surface area contributed by atoms with Crippen LogP contribution in [0.2, 0.25) is 0 Å². The first kappa shape index (κ1) is 34.1. The minimum Gasteiger partial charge on any atom is -0.550 e. The molecule has 0 aliphatic carbocycles. The van der Waals surface area contributed by atoms with Gasteiger partial charge in [0, 0.05) is 11.9 Å². The van der Waals surface area contributed by atoms with Gasteiger partial charge < -0.3 is 20.1 Å². The van der Waals surface area contributed by atoms with Gasteiger partial charge in [0.1, 0.15) is 11.8 Å². The van der Waals surface area contributed by atoms with Crippen LogP contribution in [0, 0.1) is 17.8 Å². The molecule has 0 rings (SSSR count). The second-order valence-electron chi connectivity index (χ2n) is 10.9. The molecule has 0 bridgehead atoms. The molecular weight excluding hydrogens is 458 g/mol. The first-order valence-electron chi connectivity index (χ1n) is 14.2. The van der Waals surface area contributed by atoms with Crippen molar-refractivity contribution in [2.45, 2.75) is 118 Å². The number of carbonyl (C=O) groups is 3. The maximum absolute atomic E-state index is 11.6. The summed E-state index contributed by atoms with van der Waals surface area (Å²) in [5.74, 6) is -5.47. The van der Waals surface area contributed by atoms with E-state index >= 15 is 0 Å². The van der Waals surface area contributed by atoms with Crippen molar-refractivity contribution in [2.75, 3.05) is 19.6 Å². The fourth-order valence-electron chi connectivity index (χ4n) is 4.85. The van der Waals surface area contributed by atoms with E-state index < -0.39 is 35.7 Å². The number of carbonyl (C=O) groups excluding carboxylic acids is 1.